The van der Waals surface area contributed by atoms with Gasteiger partial charge in [-0.2, -0.15) is 0 Å². The van der Waals surface area contributed by atoms with Crippen molar-refractivity contribution in [3.8, 4) is 0 Å². The first-order chi connectivity index (χ1) is 17.9. The van der Waals surface area contributed by atoms with E-state index in [4.69, 9.17) is 23.7 Å². The van der Waals surface area contributed by atoms with Gasteiger partial charge in [-0.3, -0.25) is 19.2 Å². The molecule has 38 heavy (non-hydrogen) atoms. The zero-order chi connectivity index (χ0) is 28.0. The molecule has 0 spiro atoms. The molecule has 0 bridgehead atoms. The van der Waals surface area contributed by atoms with Gasteiger partial charge in [-0.25, -0.2) is 0 Å². The Hall–Kier alpha value is -3.28. The highest BCUT2D eigenvalue weighted by Crippen LogP contribution is 2.42. The van der Waals surface area contributed by atoms with Gasteiger partial charge in [0.2, 0.25) is 11.9 Å². The summed E-state index contributed by atoms with van der Waals surface area (Å²) in [7, 11) is 0. The predicted octanol–water partition coefficient (Wildman–Crippen LogP) is 1.91. The Morgan fingerprint density at radius 2 is 1.50 bits per heavy atom. The summed E-state index contributed by atoms with van der Waals surface area (Å²) < 4.78 is 27.5. The lowest BCUT2D eigenvalue weighted by atomic mass is 9.84. The van der Waals surface area contributed by atoms with Crippen LogP contribution in [0.2, 0.25) is 0 Å². The Bertz CT molecular complexity index is 1070. The lowest BCUT2D eigenvalue weighted by Crippen LogP contribution is -2.66. The molecule has 0 aromatic heterocycles. The normalized spacial score (nSPS) is 29.1. The van der Waals surface area contributed by atoms with Gasteiger partial charge in [-0.1, -0.05) is 35.9 Å². The van der Waals surface area contributed by atoms with Gasteiger partial charge in [0.1, 0.15) is 12.7 Å². The van der Waals surface area contributed by atoms with Gasteiger partial charge in [-0.05, 0) is 31.2 Å². The van der Waals surface area contributed by atoms with Gasteiger partial charge >= 0.3 is 23.9 Å². The molecule has 1 aromatic carbocycles. The number of benzene rings is 1. The Morgan fingerprint density at radius 3 is 2.08 bits per heavy atom. The highest BCUT2D eigenvalue weighted by atomic mass is 16.7. The molecule has 5 atom stereocenters. The second kappa shape index (κ2) is 12.5. The molecular formula is C27H34O11. The van der Waals surface area contributed by atoms with Crippen LogP contribution in [0, 0.1) is 0 Å². The van der Waals surface area contributed by atoms with E-state index >= 15 is 0 Å². The van der Waals surface area contributed by atoms with Crippen molar-refractivity contribution in [2.45, 2.75) is 89.7 Å². The maximum absolute atomic E-state index is 12.2. The Balaban J connectivity index is 2.16. The highest BCUT2D eigenvalue weighted by molar-refractivity contribution is 5.69. The van der Waals surface area contributed by atoms with Crippen LogP contribution in [0.3, 0.4) is 0 Å². The molecule has 1 aromatic rings. The van der Waals surface area contributed by atoms with Crippen molar-refractivity contribution in [3.63, 3.8) is 0 Å². The third-order valence-corrected chi connectivity index (χ3v) is 6.36. The van der Waals surface area contributed by atoms with Crippen molar-refractivity contribution in [2.75, 3.05) is 6.61 Å². The predicted molar refractivity (Wildman–Crippen MR) is 131 cm³/mol. The average molecular weight is 535 g/mol. The van der Waals surface area contributed by atoms with Crippen LogP contribution in [0.1, 0.15) is 64.5 Å². The number of hydrogen-bond donors (Lipinski definition) is 2. The first-order valence-electron chi connectivity index (χ1n) is 12.4. The Labute approximate surface area is 220 Å². The fourth-order valence-electron chi connectivity index (χ4n) is 4.78. The maximum atomic E-state index is 12.2. The number of carbonyl (C=O) groups excluding carboxylic acids is 4. The van der Waals surface area contributed by atoms with Gasteiger partial charge in [-0.15, -0.1) is 0 Å². The van der Waals surface area contributed by atoms with Crippen LogP contribution in [-0.2, 0) is 48.6 Å². The topological polar surface area (TPSA) is 155 Å². The summed E-state index contributed by atoms with van der Waals surface area (Å²) in [6, 6.07) is 6.70. The van der Waals surface area contributed by atoms with Crippen molar-refractivity contribution in [1.29, 1.82) is 0 Å². The third kappa shape index (κ3) is 7.18. The number of esters is 4. The lowest BCUT2D eigenvalue weighted by Gasteiger charge is -2.49. The SMILES string of the molecule is CC(=O)OC[C@H]1O[C@@](O)(c2ccccc2C=C2CCC(O)CC2)[C@H](OC(C)=O)[C@@H](OC(C)=O)[C@@H]1OC(C)=O. The third-order valence-electron chi connectivity index (χ3n) is 6.36. The van der Waals surface area contributed by atoms with Gasteiger partial charge in [0, 0.05) is 33.3 Å². The molecule has 2 N–H and O–H groups in total. The minimum absolute atomic E-state index is 0.191. The van der Waals surface area contributed by atoms with Crippen molar-refractivity contribution in [3.05, 3.63) is 41.0 Å². The summed E-state index contributed by atoms with van der Waals surface area (Å²) in [5.74, 6) is -5.44. The summed E-state index contributed by atoms with van der Waals surface area (Å²) >= 11 is 0. The molecule has 11 heteroatoms. The second-order valence-corrected chi connectivity index (χ2v) is 9.45. The minimum atomic E-state index is -2.41. The molecule has 1 heterocycles. The van der Waals surface area contributed by atoms with E-state index in [-0.39, 0.29) is 11.7 Å². The van der Waals surface area contributed by atoms with Gasteiger partial charge in [0.25, 0.3) is 0 Å². The number of aliphatic hydroxyl groups is 2. The fraction of sp³-hybridized carbons (Fsp3) is 0.556. The van der Waals surface area contributed by atoms with E-state index in [1.54, 1.807) is 24.3 Å². The van der Waals surface area contributed by atoms with Crippen LogP contribution in [-0.4, -0.2) is 71.2 Å². The fourth-order valence-corrected chi connectivity index (χ4v) is 4.78. The number of ether oxygens (including phenoxy) is 5. The average Bonchev–Trinajstić information content (AvgIpc) is 2.83. The molecule has 208 valence electrons. The quantitative estimate of drug-likeness (QED) is 0.389. The number of hydrogen-bond acceptors (Lipinski definition) is 11. The molecule has 2 fully saturated rings. The summed E-state index contributed by atoms with van der Waals surface area (Å²) in [5.41, 5.74) is 1.77. The van der Waals surface area contributed by atoms with Crippen molar-refractivity contribution >= 4 is 30.0 Å². The lowest BCUT2D eigenvalue weighted by molar-refractivity contribution is -0.360. The maximum Gasteiger partial charge on any atom is 0.303 e. The van der Waals surface area contributed by atoms with Gasteiger partial charge < -0.3 is 33.9 Å². The van der Waals surface area contributed by atoms with E-state index < -0.39 is 60.7 Å². The molecule has 1 saturated heterocycles. The number of allylic oxidation sites excluding steroid dienone is 1. The standard InChI is InChI=1S/C27H34O11/c1-15(28)34-14-23-24(35-16(2)29)25(36-17(3)30)26(37-18(4)31)27(33,38-23)22-8-6-5-7-20(22)13-19-9-11-21(32)12-10-19/h5-8,13,21,23-26,32-33H,9-12,14H2,1-4H3/t21?,23-,24-,25+,26-,27+/m1/s1. The molecule has 0 radical (unpaired) electrons. The summed E-state index contributed by atoms with van der Waals surface area (Å²) in [4.78, 5) is 47.8. The van der Waals surface area contributed by atoms with Gasteiger partial charge in [0.15, 0.2) is 12.2 Å². The molecule has 0 unspecified atom stereocenters. The Morgan fingerprint density at radius 1 is 0.921 bits per heavy atom. The summed E-state index contributed by atoms with van der Waals surface area (Å²) in [6.45, 7) is 4.06. The molecule has 3 rings (SSSR count). The second-order valence-electron chi connectivity index (χ2n) is 9.45. The van der Waals surface area contributed by atoms with E-state index in [1.807, 2.05) is 6.08 Å². The Kier molecular flexibility index (Phi) is 9.64. The number of rotatable bonds is 7. The molecule has 1 saturated carbocycles. The first-order valence-corrected chi connectivity index (χ1v) is 12.4. The van der Waals surface area contributed by atoms with Crippen molar-refractivity contribution < 1.29 is 53.1 Å². The molecule has 0 amide bonds. The van der Waals surface area contributed by atoms with E-state index in [0.29, 0.717) is 31.2 Å². The van der Waals surface area contributed by atoms with Crippen molar-refractivity contribution in [2.24, 2.45) is 0 Å². The van der Waals surface area contributed by atoms with Gasteiger partial charge in [0.05, 0.1) is 6.10 Å². The monoisotopic (exact) mass is 534 g/mol. The molecule has 11 nitrogen and oxygen atoms in total. The minimum Gasteiger partial charge on any atom is -0.463 e. The summed E-state index contributed by atoms with van der Waals surface area (Å²) in [5, 5.41) is 22.0. The van der Waals surface area contributed by atoms with Crippen LogP contribution < -0.4 is 0 Å². The zero-order valence-corrected chi connectivity index (χ0v) is 21.9. The molecular weight excluding hydrogens is 500 g/mol. The van der Waals surface area contributed by atoms with Crippen LogP contribution in [0.15, 0.2) is 29.8 Å². The van der Waals surface area contributed by atoms with E-state index in [1.165, 1.54) is 6.92 Å². The van der Waals surface area contributed by atoms with E-state index in [0.717, 1.165) is 26.3 Å². The van der Waals surface area contributed by atoms with Crippen LogP contribution in [0.25, 0.3) is 6.08 Å². The smallest absolute Gasteiger partial charge is 0.303 e. The summed E-state index contributed by atoms with van der Waals surface area (Å²) in [6.07, 6.45) is -1.83. The highest BCUT2D eigenvalue weighted by Gasteiger charge is 2.60. The van der Waals surface area contributed by atoms with Crippen molar-refractivity contribution in [1.82, 2.24) is 0 Å². The number of aliphatic hydroxyl groups excluding tert-OH is 1. The van der Waals surface area contributed by atoms with Crippen LogP contribution in [0.4, 0.5) is 0 Å². The zero-order valence-electron chi connectivity index (χ0n) is 21.9. The molecule has 1 aliphatic heterocycles. The molecule has 2 aliphatic rings. The van der Waals surface area contributed by atoms with Crippen LogP contribution >= 0.6 is 0 Å². The number of carbonyl (C=O) groups is 4. The van der Waals surface area contributed by atoms with E-state index in [2.05, 4.69) is 0 Å². The first kappa shape index (κ1) is 29.3. The largest absolute Gasteiger partial charge is 0.463 e. The van der Waals surface area contributed by atoms with E-state index in [9.17, 15) is 29.4 Å². The van der Waals surface area contributed by atoms with Crippen LogP contribution in [0.5, 0.6) is 0 Å². The molecule has 1 aliphatic carbocycles.